The summed E-state index contributed by atoms with van der Waals surface area (Å²) in [5.41, 5.74) is 4.42. The molecule has 2 aliphatic rings. The summed E-state index contributed by atoms with van der Waals surface area (Å²) in [7, 11) is 2.27. The molecule has 0 unspecified atom stereocenters. The second kappa shape index (κ2) is 5.15. The summed E-state index contributed by atoms with van der Waals surface area (Å²) >= 11 is 6.22. The lowest BCUT2D eigenvalue weighted by atomic mass is 9.71. The third-order valence-electron chi connectivity index (χ3n) is 5.32. The van der Waals surface area contributed by atoms with E-state index in [4.69, 9.17) is 11.6 Å². The van der Waals surface area contributed by atoms with Crippen LogP contribution in [-0.4, -0.2) is 24.5 Å². The third-order valence-corrected chi connectivity index (χ3v) is 5.56. The van der Waals surface area contributed by atoms with Gasteiger partial charge in [0.25, 0.3) is 0 Å². The minimum Gasteiger partial charge on any atom is -0.303 e. The zero-order chi connectivity index (χ0) is 14.4. The number of benzene rings is 2. The van der Waals surface area contributed by atoms with Crippen LogP contribution in [0.3, 0.4) is 0 Å². The SMILES string of the molecule is CN1CC[C@@H]2c3ccccc3[C@H](c3cccc(Cl)c3)C[C@@H]21. The number of likely N-dealkylation sites (tertiary alicyclic amines) is 1. The molecule has 1 aliphatic heterocycles. The molecule has 0 bridgehead atoms. The Hall–Kier alpha value is -1.31. The minimum atomic E-state index is 0.474. The van der Waals surface area contributed by atoms with Gasteiger partial charge in [-0.15, -0.1) is 0 Å². The Morgan fingerprint density at radius 3 is 2.67 bits per heavy atom. The molecule has 0 N–H and O–H groups in total. The Morgan fingerprint density at radius 1 is 1.05 bits per heavy atom. The van der Waals surface area contributed by atoms with Gasteiger partial charge in [-0.3, -0.25) is 0 Å². The molecule has 2 heteroatoms. The summed E-state index contributed by atoms with van der Waals surface area (Å²) in [5, 5.41) is 0.840. The molecule has 3 atom stereocenters. The fourth-order valence-corrected chi connectivity index (χ4v) is 4.49. The number of nitrogens with zero attached hydrogens (tertiary/aromatic N) is 1. The third kappa shape index (κ3) is 2.20. The van der Waals surface area contributed by atoms with Crippen LogP contribution in [0.2, 0.25) is 5.02 Å². The fourth-order valence-electron chi connectivity index (χ4n) is 4.29. The molecular weight excluding hydrogens is 278 g/mol. The van der Waals surface area contributed by atoms with Crippen LogP contribution in [0.1, 0.15) is 41.4 Å². The molecule has 0 amide bonds. The molecule has 108 valence electrons. The van der Waals surface area contributed by atoms with Crippen molar-refractivity contribution in [3.63, 3.8) is 0 Å². The standard InChI is InChI=1S/C19H20ClN/c1-21-10-9-17-15-7-2-3-8-16(15)18(12-19(17)21)13-5-4-6-14(20)11-13/h2-8,11,17-19H,9-10,12H2,1H3/t17-,18+,19+/m1/s1. The Bertz CT molecular complexity index is 666. The smallest absolute Gasteiger partial charge is 0.0408 e. The highest BCUT2D eigenvalue weighted by molar-refractivity contribution is 6.30. The molecule has 1 heterocycles. The van der Waals surface area contributed by atoms with Crippen LogP contribution in [0.4, 0.5) is 0 Å². The number of hydrogen-bond acceptors (Lipinski definition) is 1. The molecule has 1 saturated heterocycles. The maximum absolute atomic E-state index is 6.22. The Kier molecular flexibility index (Phi) is 3.28. The lowest BCUT2D eigenvalue weighted by molar-refractivity contribution is 0.265. The minimum absolute atomic E-state index is 0.474. The van der Waals surface area contributed by atoms with Crippen molar-refractivity contribution in [2.24, 2.45) is 0 Å². The first-order chi connectivity index (χ1) is 10.2. The molecule has 0 spiro atoms. The lowest BCUT2D eigenvalue weighted by Gasteiger charge is -2.37. The average Bonchev–Trinajstić information content (AvgIpc) is 2.88. The van der Waals surface area contributed by atoms with E-state index in [0.29, 0.717) is 17.9 Å². The number of likely N-dealkylation sites (N-methyl/N-ethyl adjacent to an activating group) is 1. The predicted octanol–water partition coefficient (Wildman–Crippen LogP) is 4.66. The molecule has 0 saturated carbocycles. The van der Waals surface area contributed by atoms with Gasteiger partial charge in [-0.1, -0.05) is 48.0 Å². The van der Waals surface area contributed by atoms with Crippen LogP contribution < -0.4 is 0 Å². The van der Waals surface area contributed by atoms with Gasteiger partial charge in [-0.05, 0) is 55.3 Å². The molecule has 2 aromatic carbocycles. The van der Waals surface area contributed by atoms with Crippen molar-refractivity contribution in [3.8, 4) is 0 Å². The first-order valence-corrected chi connectivity index (χ1v) is 8.16. The zero-order valence-corrected chi connectivity index (χ0v) is 13.1. The molecule has 0 radical (unpaired) electrons. The van der Waals surface area contributed by atoms with Gasteiger partial charge in [-0.2, -0.15) is 0 Å². The Morgan fingerprint density at radius 2 is 1.86 bits per heavy atom. The summed E-state index contributed by atoms with van der Waals surface area (Å²) in [4.78, 5) is 2.54. The van der Waals surface area contributed by atoms with Gasteiger partial charge in [0.1, 0.15) is 0 Å². The Labute approximate surface area is 131 Å². The first-order valence-electron chi connectivity index (χ1n) is 7.78. The summed E-state index contributed by atoms with van der Waals surface area (Å²) in [5.74, 6) is 1.18. The molecule has 1 nitrogen and oxygen atoms in total. The van der Waals surface area contributed by atoms with Crippen molar-refractivity contribution in [3.05, 3.63) is 70.2 Å². The van der Waals surface area contributed by atoms with Gasteiger partial charge < -0.3 is 4.90 Å². The number of fused-ring (bicyclic) bond motifs is 3. The summed E-state index contributed by atoms with van der Waals surface area (Å²) in [6.45, 7) is 1.21. The highest BCUT2D eigenvalue weighted by Crippen LogP contribution is 2.47. The topological polar surface area (TPSA) is 3.24 Å². The molecule has 21 heavy (non-hydrogen) atoms. The van der Waals surface area contributed by atoms with E-state index in [1.807, 2.05) is 6.07 Å². The van der Waals surface area contributed by atoms with E-state index in [9.17, 15) is 0 Å². The van der Waals surface area contributed by atoms with E-state index in [-0.39, 0.29) is 0 Å². The van der Waals surface area contributed by atoms with Crippen molar-refractivity contribution in [1.82, 2.24) is 4.90 Å². The van der Waals surface area contributed by atoms with E-state index >= 15 is 0 Å². The second-order valence-electron chi connectivity index (χ2n) is 6.42. The molecule has 1 aliphatic carbocycles. The van der Waals surface area contributed by atoms with Crippen molar-refractivity contribution in [2.75, 3.05) is 13.6 Å². The zero-order valence-electron chi connectivity index (χ0n) is 12.3. The van der Waals surface area contributed by atoms with Crippen LogP contribution in [-0.2, 0) is 0 Å². The van der Waals surface area contributed by atoms with Crippen LogP contribution in [0.15, 0.2) is 48.5 Å². The maximum atomic E-state index is 6.22. The van der Waals surface area contributed by atoms with Gasteiger partial charge in [0.2, 0.25) is 0 Å². The van der Waals surface area contributed by atoms with E-state index < -0.39 is 0 Å². The molecule has 1 fully saturated rings. The maximum Gasteiger partial charge on any atom is 0.0408 e. The van der Waals surface area contributed by atoms with Gasteiger partial charge in [-0.25, -0.2) is 0 Å². The van der Waals surface area contributed by atoms with Gasteiger partial charge in [0, 0.05) is 22.9 Å². The highest BCUT2D eigenvalue weighted by atomic mass is 35.5. The predicted molar refractivity (Wildman–Crippen MR) is 88.1 cm³/mol. The van der Waals surface area contributed by atoms with Gasteiger partial charge in [0.05, 0.1) is 0 Å². The van der Waals surface area contributed by atoms with Crippen LogP contribution >= 0.6 is 11.6 Å². The van der Waals surface area contributed by atoms with E-state index in [1.54, 1.807) is 5.56 Å². The van der Waals surface area contributed by atoms with Crippen molar-refractivity contribution < 1.29 is 0 Å². The first kappa shape index (κ1) is 13.4. The van der Waals surface area contributed by atoms with Gasteiger partial charge in [0.15, 0.2) is 0 Å². The van der Waals surface area contributed by atoms with E-state index in [1.165, 1.54) is 30.5 Å². The number of rotatable bonds is 1. The largest absolute Gasteiger partial charge is 0.303 e. The number of halogens is 1. The van der Waals surface area contributed by atoms with Crippen LogP contribution in [0, 0.1) is 0 Å². The highest BCUT2D eigenvalue weighted by Gasteiger charge is 2.40. The fraction of sp³-hybridized carbons (Fsp3) is 0.368. The molecule has 4 rings (SSSR count). The normalized spacial score (nSPS) is 28.2. The van der Waals surface area contributed by atoms with Crippen LogP contribution in [0.5, 0.6) is 0 Å². The summed E-state index contributed by atoms with van der Waals surface area (Å²) in [6, 6.07) is 18.1. The second-order valence-corrected chi connectivity index (χ2v) is 6.85. The van der Waals surface area contributed by atoms with E-state index in [2.05, 4.69) is 54.4 Å². The summed E-state index contributed by atoms with van der Waals surface area (Å²) < 4.78 is 0. The summed E-state index contributed by atoms with van der Waals surface area (Å²) in [6.07, 6.45) is 2.50. The number of hydrogen-bond donors (Lipinski definition) is 0. The molecular formula is C19H20ClN. The average molecular weight is 298 g/mol. The molecule has 2 aromatic rings. The monoisotopic (exact) mass is 297 g/mol. The quantitative estimate of drug-likeness (QED) is 0.740. The van der Waals surface area contributed by atoms with E-state index in [0.717, 1.165) is 5.02 Å². The van der Waals surface area contributed by atoms with Crippen molar-refractivity contribution in [1.29, 1.82) is 0 Å². The van der Waals surface area contributed by atoms with Crippen molar-refractivity contribution in [2.45, 2.75) is 30.7 Å². The lowest BCUT2D eigenvalue weighted by Crippen LogP contribution is -2.34. The molecule has 0 aromatic heterocycles. The van der Waals surface area contributed by atoms with Crippen LogP contribution in [0.25, 0.3) is 0 Å². The van der Waals surface area contributed by atoms with Gasteiger partial charge >= 0.3 is 0 Å². The Balaban J connectivity index is 1.83. The van der Waals surface area contributed by atoms with Crippen molar-refractivity contribution >= 4 is 11.6 Å².